The van der Waals surface area contributed by atoms with E-state index in [1.54, 1.807) is 65.8 Å². The zero-order valence-corrected chi connectivity index (χ0v) is 57.5. The summed E-state index contributed by atoms with van der Waals surface area (Å²) in [5.74, 6) is -9.18. The topological polar surface area (TPSA) is 259 Å². The van der Waals surface area contributed by atoms with E-state index in [1.807, 2.05) is 20.8 Å². The van der Waals surface area contributed by atoms with Crippen molar-refractivity contribution in [2.24, 2.45) is 23.7 Å². The molecule has 91 heavy (non-hydrogen) atoms. The number of halogens is 5. The number of rotatable bonds is 12. The fourth-order valence-corrected chi connectivity index (χ4v) is 11.2. The average molecular weight is 1320 g/mol. The molecule has 0 aromatic heterocycles. The van der Waals surface area contributed by atoms with Gasteiger partial charge in [0.1, 0.15) is 41.8 Å². The highest BCUT2D eigenvalue weighted by Gasteiger charge is 2.43. The molecule has 0 radical (unpaired) electrons. The van der Waals surface area contributed by atoms with Crippen molar-refractivity contribution in [1.82, 2.24) is 55.6 Å². The Balaban J connectivity index is 2.24. The second-order valence-corrected chi connectivity index (χ2v) is 26.8. The molecule has 1 aliphatic heterocycles. The lowest BCUT2D eigenvalue weighted by atomic mass is 9.95. The van der Waals surface area contributed by atoms with Crippen LogP contribution in [-0.2, 0) is 71.8 Å². The van der Waals surface area contributed by atoms with Gasteiger partial charge in [-0.1, -0.05) is 103 Å². The van der Waals surface area contributed by atoms with Crippen LogP contribution < -0.4 is 21.3 Å². The Morgan fingerprint density at radius 2 is 1.13 bits per heavy atom. The lowest BCUT2D eigenvalue weighted by molar-refractivity contribution is -0.149. The molecule has 0 bridgehead atoms. The quantitative estimate of drug-likeness (QED) is 0.208. The van der Waals surface area contributed by atoms with E-state index < -0.39 is 161 Å². The number of likely N-dealkylation sites (N-methyl/N-ethyl adjacent to an activating group) is 7. The van der Waals surface area contributed by atoms with Crippen molar-refractivity contribution < 1.29 is 65.9 Å². The molecule has 4 N–H and O–H groups in total. The number of hydrogen-bond donors (Lipinski definition) is 4. The number of nitrogens with one attached hydrogen (secondary N) is 4. The van der Waals surface area contributed by atoms with Gasteiger partial charge < -0.3 is 55.6 Å². The lowest BCUT2D eigenvalue weighted by Crippen LogP contribution is -2.63. The van der Waals surface area contributed by atoms with Crippen molar-refractivity contribution in [3.8, 4) is 0 Å². The summed E-state index contributed by atoms with van der Waals surface area (Å²) in [5.41, 5.74) is -2.03. The van der Waals surface area contributed by atoms with Crippen LogP contribution in [0.1, 0.15) is 125 Å². The number of nitrogens with zero attached hydrogens (tertiary/aromatic N) is 7. The van der Waals surface area contributed by atoms with Gasteiger partial charge in [-0.15, -0.1) is 0 Å². The Kier molecular flexibility index (Phi) is 29.3. The Labute approximate surface area is 544 Å². The third kappa shape index (κ3) is 22.4. The summed E-state index contributed by atoms with van der Waals surface area (Å²) in [4.78, 5) is 166. The van der Waals surface area contributed by atoms with Crippen molar-refractivity contribution in [1.29, 1.82) is 0 Å². The first-order valence-corrected chi connectivity index (χ1v) is 31.4. The van der Waals surface area contributed by atoms with Gasteiger partial charge in [-0.05, 0) is 106 Å². The summed E-state index contributed by atoms with van der Waals surface area (Å²) in [6.45, 7) is 16.9. The van der Waals surface area contributed by atoms with Crippen LogP contribution in [0, 0.1) is 23.7 Å². The highest BCUT2D eigenvalue weighted by atomic mass is 35.5. The number of carbonyl (C=O) groups is 11. The van der Waals surface area contributed by atoms with Crippen molar-refractivity contribution in [2.45, 2.75) is 175 Å². The fourth-order valence-electron chi connectivity index (χ4n) is 10.7. The molecule has 27 heteroatoms. The summed E-state index contributed by atoms with van der Waals surface area (Å²) in [6.07, 6.45) is -4.98. The minimum atomic E-state index is -4.77. The molecule has 1 saturated heterocycles. The number of aryl methyl sites for hydroxylation is 1. The van der Waals surface area contributed by atoms with E-state index in [0.29, 0.717) is 17.0 Å². The summed E-state index contributed by atoms with van der Waals surface area (Å²) in [7, 11) is 9.48. The highest BCUT2D eigenvalue weighted by molar-refractivity contribution is 6.31. The zero-order valence-electron chi connectivity index (χ0n) is 56.0. The van der Waals surface area contributed by atoms with Crippen molar-refractivity contribution in [3.05, 3.63) is 69.2 Å². The zero-order chi connectivity index (χ0) is 69.5. The Morgan fingerprint density at radius 3 is 1.66 bits per heavy atom. The second kappa shape index (κ2) is 34.0. The highest BCUT2D eigenvalue weighted by Crippen LogP contribution is 2.35. The molecule has 508 valence electrons. The predicted molar refractivity (Wildman–Crippen MR) is 341 cm³/mol. The van der Waals surface area contributed by atoms with E-state index in [-0.39, 0.29) is 55.9 Å². The van der Waals surface area contributed by atoms with Crippen LogP contribution >= 0.6 is 23.2 Å². The van der Waals surface area contributed by atoms with Crippen molar-refractivity contribution in [2.75, 3.05) is 69.0 Å². The molecule has 8 atom stereocenters. The van der Waals surface area contributed by atoms with Crippen molar-refractivity contribution in [3.63, 3.8) is 0 Å². The lowest BCUT2D eigenvalue weighted by Gasteiger charge is -2.38. The largest absolute Gasteiger partial charge is 0.417 e. The first-order chi connectivity index (χ1) is 42.0. The fraction of sp³-hybridized carbons (Fsp3) is 0.641. The van der Waals surface area contributed by atoms with Crippen LogP contribution in [0.15, 0.2) is 42.5 Å². The van der Waals surface area contributed by atoms with Gasteiger partial charge in [0.05, 0.1) is 30.2 Å². The van der Waals surface area contributed by atoms with Crippen LogP contribution in [0.3, 0.4) is 0 Å². The molecule has 0 aliphatic carbocycles. The molecule has 2 aromatic rings. The average Bonchev–Trinajstić information content (AvgIpc) is 1.01. The van der Waals surface area contributed by atoms with E-state index in [0.717, 1.165) is 36.6 Å². The molecular formula is C64H96Cl2F3N11O11. The Bertz CT molecular complexity index is 2930. The Hall–Kier alpha value is -7.02. The molecule has 3 rings (SSSR count). The van der Waals surface area contributed by atoms with E-state index >= 15 is 0 Å². The number of alkyl halides is 3. The summed E-state index contributed by atoms with van der Waals surface area (Å²) in [5, 5.41) is 10.9. The molecule has 1 aliphatic rings. The molecule has 11 amide bonds. The standard InChI is InChI=1S/C64H96Cl2F3N11O11/c1-19-39(8)54-61(90)76(14)34-52(83)74(12)35-53(84)77(15)49(32-42-20-24-43(65)25-21-42)60(89)75(13)33-50(81)71-46(27-23-41-22-26-44(45(66)31-41)64(67,68)69)59(88)78(16)48(29-37(4)5)57(86)73-63(10,11)62(91)79(17)47(28-36(2)3)56(85)70-40(9)30-51(82)80(18)55(38(6)7)58(87)72-54/h20-22,24-26,31,36-40,46-49,54-55H,19,23,27-30,32-35H2,1-18H3,(H,70,85)(H,71,81)(H,72,87)(H,73,86)/t39-,40+,46-,47-,48-,49-,54-,55-/m0/s1. The number of hydrogen-bond acceptors (Lipinski definition) is 11. The molecule has 22 nitrogen and oxygen atoms in total. The van der Waals surface area contributed by atoms with Crippen LogP contribution in [0.5, 0.6) is 0 Å². The van der Waals surface area contributed by atoms with Gasteiger partial charge in [-0.3, -0.25) is 52.7 Å². The maximum absolute atomic E-state index is 15.0. The first kappa shape index (κ1) is 78.2. The van der Waals surface area contributed by atoms with Crippen LogP contribution in [0.4, 0.5) is 13.2 Å². The molecule has 1 fully saturated rings. The number of amides is 11. The van der Waals surface area contributed by atoms with Crippen LogP contribution in [0.25, 0.3) is 0 Å². The second-order valence-electron chi connectivity index (χ2n) is 25.9. The van der Waals surface area contributed by atoms with Gasteiger partial charge >= 0.3 is 6.18 Å². The monoisotopic (exact) mass is 1320 g/mol. The summed E-state index contributed by atoms with van der Waals surface area (Å²) < 4.78 is 41.3. The Morgan fingerprint density at radius 1 is 0.593 bits per heavy atom. The molecule has 1 heterocycles. The summed E-state index contributed by atoms with van der Waals surface area (Å²) in [6, 6.07) is 1.08. The minimum Gasteiger partial charge on any atom is -0.351 e. The van der Waals surface area contributed by atoms with Gasteiger partial charge in [-0.25, -0.2) is 0 Å². The first-order valence-electron chi connectivity index (χ1n) is 30.7. The number of carbonyl (C=O) groups excluding carboxylic acids is 11. The number of benzene rings is 2. The maximum Gasteiger partial charge on any atom is 0.417 e. The third-order valence-corrected chi connectivity index (χ3v) is 17.0. The normalized spacial score (nSPS) is 23.6. The van der Waals surface area contributed by atoms with Gasteiger partial charge in [-0.2, -0.15) is 13.2 Å². The van der Waals surface area contributed by atoms with E-state index in [2.05, 4.69) is 21.3 Å². The molecular weight excluding hydrogens is 1230 g/mol. The predicted octanol–water partition coefficient (Wildman–Crippen LogP) is 5.44. The smallest absolute Gasteiger partial charge is 0.351 e. The van der Waals surface area contributed by atoms with E-state index in [9.17, 15) is 65.9 Å². The molecule has 0 spiro atoms. The molecule has 0 unspecified atom stereocenters. The minimum absolute atomic E-state index is 0.0217. The maximum atomic E-state index is 15.0. The SMILES string of the molecule is CC[C@H](C)[C@@H]1NC(=O)[C@H](C(C)C)N(C)C(=O)C[C@@H](C)NC(=O)[C@H](CC(C)C)N(C)C(=O)C(C)(C)NC(=O)[C@H](CC(C)C)N(C)C(=O)[C@H](CCc2ccc(C(F)(F)F)c(Cl)c2)NC(=O)CN(C)C(=O)[C@H](Cc2ccc(Cl)cc2)N(C)C(=O)CN(C)C(=O)CN(C)C1=O. The van der Waals surface area contributed by atoms with Crippen molar-refractivity contribution >= 4 is 88.2 Å². The van der Waals surface area contributed by atoms with E-state index in [1.165, 1.54) is 79.0 Å². The molecule has 2 aromatic carbocycles. The third-order valence-electron chi connectivity index (χ3n) is 16.4. The van der Waals surface area contributed by atoms with E-state index in [4.69, 9.17) is 23.2 Å². The van der Waals surface area contributed by atoms with Crippen LogP contribution in [0.2, 0.25) is 10.0 Å². The van der Waals surface area contributed by atoms with Gasteiger partial charge in [0.2, 0.25) is 65.0 Å². The summed E-state index contributed by atoms with van der Waals surface area (Å²) >= 11 is 12.3. The van der Waals surface area contributed by atoms with Gasteiger partial charge in [0, 0.05) is 73.2 Å². The van der Waals surface area contributed by atoms with Gasteiger partial charge in [0.25, 0.3) is 0 Å². The van der Waals surface area contributed by atoms with Gasteiger partial charge in [0.15, 0.2) is 0 Å². The molecule has 0 saturated carbocycles. The van der Waals surface area contributed by atoms with Crippen LogP contribution in [-0.4, -0.2) is 216 Å².